The van der Waals surface area contributed by atoms with Crippen molar-refractivity contribution in [1.82, 2.24) is 0 Å². The molecule has 0 atom stereocenters. The Hall–Kier alpha value is -0.530. The van der Waals surface area contributed by atoms with Crippen LogP contribution in [-0.2, 0) is 0 Å². The van der Waals surface area contributed by atoms with Gasteiger partial charge in [0.15, 0.2) is 5.78 Å². The van der Waals surface area contributed by atoms with E-state index >= 15 is 0 Å². The summed E-state index contributed by atoms with van der Waals surface area (Å²) < 4.78 is 0. The first-order chi connectivity index (χ1) is 8.63. The van der Waals surface area contributed by atoms with Crippen molar-refractivity contribution in [2.75, 3.05) is 0 Å². The minimum absolute atomic E-state index is 0.134. The molecule has 0 heterocycles. The Morgan fingerprint density at radius 3 is 2.11 bits per heavy atom. The van der Waals surface area contributed by atoms with Gasteiger partial charge in [0.05, 0.1) is 0 Å². The minimum Gasteiger partial charge on any atom is -0.294 e. The molecule has 1 rings (SSSR count). The monoisotopic (exact) mass is 286 g/mol. The van der Waals surface area contributed by atoms with Gasteiger partial charge in [-0.2, -0.15) is 0 Å². The second-order valence-electron chi connectivity index (χ2n) is 4.60. The maximum atomic E-state index is 11.9. The third-order valence-electron chi connectivity index (χ3n) is 2.94. The van der Waals surface area contributed by atoms with Crippen LogP contribution in [0.4, 0.5) is 0 Å². The van der Waals surface area contributed by atoms with Gasteiger partial charge in [0.1, 0.15) is 0 Å². The Kier molecular flexibility index (Phi) is 7.38. The number of rotatable bonds is 8. The van der Waals surface area contributed by atoms with Gasteiger partial charge in [0.25, 0.3) is 0 Å². The maximum absolute atomic E-state index is 11.9. The quantitative estimate of drug-likeness (QED) is 0.428. The Labute approximate surface area is 119 Å². The van der Waals surface area contributed by atoms with Crippen LogP contribution >= 0.6 is 23.2 Å². The third kappa shape index (κ3) is 5.88. The van der Waals surface area contributed by atoms with Crippen molar-refractivity contribution in [2.45, 2.75) is 51.9 Å². The average molecular weight is 287 g/mol. The van der Waals surface area contributed by atoms with E-state index < -0.39 is 0 Å². The number of hydrogen-bond donors (Lipinski definition) is 0. The molecule has 0 saturated heterocycles. The van der Waals surface area contributed by atoms with Crippen molar-refractivity contribution in [3.63, 3.8) is 0 Å². The Bertz CT molecular complexity index is 368. The van der Waals surface area contributed by atoms with Crippen molar-refractivity contribution in [3.8, 4) is 0 Å². The van der Waals surface area contributed by atoms with Gasteiger partial charge in [-0.1, -0.05) is 62.2 Å². The van der Waals surface area contributed by atoms with E-state index in [4.69, 9.17) is 23.2 Å². The highest BCUT2D eigenvalue weighted by Gasteiger charge is 2.07. The standard InChI is InChI=1S/C15H20Cl2O/c1-2-3-4-5-6-7-8-15(18)12-9-13(16)11-14(17)10-12/h9-11H,2-8H2,1H3. The minimum atomic E-state index is 0.134. The summed E-state index contributed by atoms with van der Waals surface area (Å²) in [5.74, 6) is 0.134. The van der Waals surface area contributed by atoms with Crippen molar-refractivity contribution >= 4 is 29.0 Å². The molecule has 0 aromatic heterocycles. The fourth-order valence-corrected chi connectivity index (χ4v) is 2.45. The fraction of sp³-hybridized carbons (Fsp3) is 0.533. The lowest BCUT2D eigenvalue weighted by Gasteiger charge is -2.03. The van der Waals surface area contributed by atoms with E-state index in [1.54, 1.807) is 18.2 Å². The van der Waals surface area contributed by atoms with Gasteiger partial charge in [0, 0.05) is 22.0 Å². The Balaban J connectivity index is 2.32. The number of hydrogen-bond acceptors (Lipinski definition) is 1. The highest BCUT2D eigenvalue weighted by Crippen LogP contribution is 2.20. The normalized spacial score (nSPS) is 10.6. The van der Waals surface area contributed by atoms with E-state index in [1.807, 2.05) is 0 Å². The van der Waals surface area contributed by atoms with Crippen LogP contribution in [-0.4, -0.2) is 5.78 Å². The Morgan fingerprint density at radius 1 is 0.944 bits per heavy atom. The lowest BCUT2D eigenvalue weighted by molar-refractivity contribution is 0.0979. The largest absolute Gasteiger partial charge is 0.294 e. The maximum Gasteiger partial charge on any atom is 0.162 e. The molecule has 18 heavy (non-hydrogen) atoms. The summed E-state index contributed by atoms with van der Waals surface area (Å²) in [4.78, 5) is 11.9. The van der Waals surface area contributed by atoms with Crippen LogP contribution in [0.1, 0.15) is 62.2 Å². The van der Waals surface area contributed by atoms with Gasteiger partial charge in [-0.25, -0.2) is 0 Å². The van der Waals surface area contributed by atoms with Gasteiger partial charge < -0.3 is 0 Å². The first kappa shape index (κ1) is 15.5. The van der Waals surface area contributed by atoms with E-state index in [-0.39, 0.29) is 5.78 Å². The smallest absolute Gasteiger partial charge is 0.162 e. The molecule has 0 amide bonds. The molecule has 0 radical (unpaired) electrons. The number of Topliss-reactive ketones (excluding diaryl/α,β-unsaturated/α-hetero) is 1. The van der Waals surface area contributed by atoms with Crippen LogP contribution in [0.25, 0.3) is 0 Å². The average Bonchev–Trinajstić information content (AvgIpc) is 2.32. The summed E-state index contributed by atoms with van der Waals surface area (Å²) in [6.45, 7) is 2.20. The number of ketones is 1. The number of carbonyl (C=O) groups is 1. The van der Waals surface area contributed by atoms with Crippen molar-refractivity contribution in [3.05, 3.63) is 33.8 Å². The van der Waals surface area contributed by atoms with Gasteiger partial charge >= 0.3 is 0 Å². The number of unbranched alkanes of at least 4 members (excludes halogenated alkanes) is 5. The van der Waals surface area contributed by atoms with E-state index in [9.17, 15) is 4.79 Å². The lowest BCUT2D eigenvalue weighted by Crippen LogP contribution is -1.99. The fourth-order valence-electron chi connectivity index (χ4n) is 1.93. The van der Waals surface area contributed by atoms with E-state index in [1.165, 1.54) is 25.7 Å². The molecule has 3 heteroatoms. The lowest BCUT2D eigenvalue weighted by atomic mass is 10.0. The second-order valence-corrected chi connectivity index (χ2v) is 5.47. The van der Waals surface area contributed by atoms with Crippen LogP contribution in [0, 0.1) is 0 Å². The first-order valence-corrected chi connectivity index (χ1v) is 7.38. The van der Waals surface area contributed by atoms with E-state index in [0.717, 1.165) is 12.8 Å². The van der Waals surface area contributed by atoms with Crippen molar-refractivity contribution in [2.24, 2.45) is 0 Å². The summed E-state index contributed by atoms with van der Waals surface area (Å²) in [5, 5.41) is 1.04. The molecular formula is C15H20Cl2O. The zero-order valence-electron chi connectivity index (χ0n) is 10.8. The van der Waals surface area contributed by atoms with Crippen LogP contribution < -0.4 is 0 Å². The summed E-state index contributed by atoms with van der Waals surface area (Å²) in [5.41, 5.74) is 0.626. The topological polar surface area (TPSA) is 17.1 Å². The molecule has 0 saturated carbocycles. The number of benzene rings is 1. The highest BCUT2D eigenvalue weighted by molar-refractivity contribution is 6.35. The van der Waals surface area contributed by atoms with E-state index in [0.29, 0.717) is 22.0 Å². The molecule has 0 bridgehead atoms. The molecule has 100 valence electrons. The molecule has 0 unspecified atom stereocenters. The van der Waals surface area contributed by atoms with Gasteiger partial charge in [-0.15, -0.1) is 0 Å². The SMILES string of the molecule is CCCCCCCCC(=O)c1cc(Cl)cc(Cl)c1. The van der Waals surface area contributed by atoms with Crippen LogP contribution in [0.15, 0.2) is 18.2 Å². The molecule has 0 spiro atoms. The van der Waals surface area contributed by atoms with Crippen LogP contribution in [0.2, 0.25) is 10.0 Å². The molecule has 1 aromatic carbocycles. The predicted octanol–water partition coefficient (Wildman–Crippen LogP) is 5.93. The Morgan fingerprint density at radius 2 is 1.50 bits per heavy atom. The zero-order valence-corrected chi connectivity index (χ0v) is 12.4. The number of halogens is 2. The summed E-state index contributed by atoms with van der Waals surface area (Å²) >= 11 is 11.8. The molecule has 1 aromatic rings. The molecule has 0 aliphatic carbocycles. The third-order valence-corrected chi connectivity index (χ3v) is 3.38. The molecule has 0 aliphatic heterocycles. The molecule has 0 fully saturated rings. The highest BCUT2D eigenvalue weighted by atomic mass is 35.5. The van der Waals surface area contributed by atoms with Crippen LogP contribution in [0.5, 0.6) is 0 Å². The van der Waals surface area contributed by atoms with Gasteiger partial charge in [-0.3, -0.25) is 4.79 Å². The van der Waals surface area contributed by atoms with Gasteiger partial charge in [0.2, 0.25) is 0 Å². The summed E-state index contributed by atoms with van der Waals surface area (Å²) in [6.07, 6.45) is 7.69. The zero-order chi connectivity index (χ0) is 13.4. The second kappa shape index (κ2) is 8.55. The number of carbonyl (C=O) groups excluding carboxylic acids is 1. The van der Waals surface area contributed by atoms with Crippen molar-refractivity contribution < 1.29 is 4.79 Å². The first-order valence-electron chi connectivity index (χ1n) is 6.62. The summed E-state index contributed by atoms with van der Waals surface area (Å²) in [6, 6.07) is 5.02. The van der Waals surface area contributed by atoms with E-state index in [2.05, 4.69) is 6.92 Å². The summed E-state index contributed by atoms with van der Waals surface area (Å²) in [7, 11) is 0. The van der Waals surface area contributed by atoms with Crippen LogP contribution in [0.3, 0.4) is 0 Å². The molecular weight excluding hydrogens is 267 g/mol. The van der Waals surface area contributed by atoms with Gasteiger partial charge in [-0.05, 0) is 24.6 Å². The molecule has 0 aliphatic rings. The van der Waals surface area contributed by atoms with Crippen molar-refractivity contribution in [1.29, 1.82) is 0 Å². The molecule has 1 nitrogen and oxygen atoms in total. The predicted molar refractivity (Wildman–Crippen MR) is 78.8 cm³/mol. The molecule has 0 N–H and O–H groups in total.